The average Bonchev–Trinajstić information content (AvgIpc) is 2.27. The van der Waals surface area contributed by atoms with Crippen molar-refractivity contribution >= 4 is 0 Å². The fourth-order valence-electron chi connectivity index (χ4n) is 2.22. The molecule has 0 radical (unpaired) electrons. The first kappa shape index (κ1) is 12.9. The molecule has 1 aliphatic heterocycles. The van der Waals surface area contributed by atoms with Crippen molar-refractivity contribution in [2.45, 2.75) is 32.7 Å². The van der Waals surface area contributed by atoms with Gasteiger partial charge in [0.05, 0.1) is 0 Å². The van der Waals surface area contributed by atoms with E-state index in [0.29, 0.717) is 0 Å². The standard InChI is InChI=1S/C12H26N2O/c1-11-8-13-10-12(2,3)14(9-11)6-5-7-15-4/h11,13H,5-10H2,1-4H3. The van der Waals surface area contributed by atoms with Crippen LogP contribution in [0.1, 0.15) is 27.2 Å². The number of nitrogens with zero attached hydrogens (tertiary/aromatic N) is 1. The zero-order chi connectivity index (χ0) is 11.3. The predicted octanol–water partition coefficient (Wildman–Crippen LogP) is 1.34. The van der Waals surface area contributed by atoms with Gasteiger partial charge in [0.25, 0.3) is 0 Å². The number of ether oxygens (including phenoxy) is 1. The predicted molar refractivity (Wildman–Crippen MR) is 64.2 cm³/mol. The van der Waals surface area contributed by atoms with Gasteiger partial charge in [-0.2, -0.15) is 0 Å². The van der Waals surface area contributed by atoms with Crippen LogP contribution < -0.4 is 5.32 Å². The van der Waals surface area contributed by atoms with Crippen molar-refractivity contribution in [3.63, 3.8) is 0 Å². The van der Waals surface area contributed by atoms with Gasteiger partial charge < -0.3 is 10.1 Å². The van der Waals surface area contributed by atoms with Crippen LogP contribution in [0.2, 0.25) is 0 Å². The highest BCUT2D eigenvalue weighted by atomic mass is 16.5. The SMILES string of the molecule is COCCCN1CC(C)CNCC1(C)C. The first-order valence-corrected chi connectivity index (χ1v) is 6.01. The van der Waals surface area contributed by atoms with E-state index in [4.69, 9.17) is 4.74 Å². The van der Waals surface area contributed by atoms with Crippen LogP contribution in [0.25, 0.3) is 0 Å². The molecule has 1 rings (SSSR count). The first-order valence-electron chi connectivity index (χ1n) is 6.01. The molecule has 1 heterocycles. The molecule has 90 valence electrons. The van der Waals surface area contributed by atoms with Crippen molar-refractivity contribution in [3.8, 4) is 0 Å². The molecule has 3 nitrogen and oxygen atoms in total. The lowest BCUT2D eigenvalue weighted by Crippen LogP contribution is -2.49. The topological polar surface area (TPSA) is 24.5 Å². The molecule has 1 N–H and O–H groups in total. The molecule has 15 heavy (non-hydrogen) atoms. The van der Waals surface area contributed by atoms with Gasteiger partial charge >= 0.3 is 0 Å². The summed E-state index contributed by atoms with van der Waals surface area (Å²) in [6.07, 6.45) is 1.13. The summed E-state index contributed by atoms with van der Waals surface area (Å²) in [5.41, 5.74) is 0.276. The maximum absolute atomic E-state index is 5.12. The van der Waals surface area contributed by atoms with Crippen molar-refractivity contribution in [2.24, 2.45) is 5.92 Å². The van der Waals surface area contributed by atoms with Crippen molar-refractivity contribution in [1.82, 2.24) is 10.2 Å². The Balaban J connectivity index is 2.47. The van der Waals surface area contributed by atoms with Gasteiger partial charge in [0.2, 0.25) is 0 Å². The second-order valence-corrected chi connectivity index (χ2v) is 5.34. The second kappa shape index (κ2) is 5.83. The Morgan fingerprint density at radius 1 is 1.47 bits per heavy atom. The van der Waals surface area contributed by atoms with E-state index in [9.17, 15) is 0 Å². The van der Waals surface area contributed by atoms with Crippen molar-refractivity contribution in [3.05, 3.63) is 0 Å². The van der Waals surface area contributed by atoms with Gasteiger partial charge in [-0.1, -0.05) is 6.92 Å². The third-order valence-electron chi connectivity index (χ3n) is 3.22. The van der Waals surface area contributed by atoms with Crippen LogP contribution in [0.4, 0.5) is 0 Å². The quantitative estimate of drug-likeness (QED) is 0.715. The highest BCUT2D eigenvalue weighted by molar-refractivity contribution is 4.88. The Hall–Kier alpha value is -0.120. The normalized spacial score (nSPS) is 27.6. The van der Waals surface area contributed by atoms with Crippen molar-refractivity contribution < 1.29 is 4.74 Å². The molecule has 1 unspecified atom stereocenters. The molecule has 1 aliphatic rings. The summed E-state index contributed by atoms with van der Waals surface area (Å²) in [7, 11) is 1.78. The lowest BCUT2D eigenvalue weighted by Gasteiger charge is -2.37. The molecule has 0 aromatic carbocycles. The van der Waals surface area contributed by atoms with E-state index in [1.165, 1.54) is 6.54 Å². The summed E-state index contributed by atoms with van der Waals surface area (Å²) in [5.74, 6) is 0.745. The molecule has 0 aliphatic carbocycles. The van der Waals surface area contributed by atoms with Gasteiger partial charge in [-0.3, -0.25) is 4.90 Å². The van der Waals surface area contributed by atoms with E-state index in [-0.39, 0.29) is 5.54 Å². The van der Waals surface area contributed by atoms with Crippen molar-refractivity contribution in [2.75, 3.05) is 39.9 Å². The van der Waals surface area contributed by atoms with Gasteiger partial charge in [0.1, 0.15) is 0 Å². The Labute approximate surface area is 94.2 Å². The minimum Gasteiger partial charge on any atom is -0.385 e. The van der Waals surface area contributed by atoms with Crippen molar-refractivity contribution in [1.29, 1.82) is 0 Å². The van der Waals surface area contributed by atoms with Crippen LogP contribution in [0, 0.1) is 5.92 Å². The summed E-state index contributed by atoms with van der Waals surface area (Å²) in [6, 6.07) is 0. The second-order valence-electron chi connectivity index (χ2n) is 5.34. The molecule has 0 saturated carbocycles. The van der Waals surface area contributed by atoms with Gasteiger partial charge in [-0.15, -0.1) is 0 Å². The van der Waals surface area contributed by atoms with E-state index in [2.05, 4.69) is 31.0 Å². The molecule has 0 aromatic heterocycles. The van der Waals surface area contributed by atoms with Gasteiger partial charge in [0, 0.05) is 38.9 Å². The Morgan fingerprint density at radius 2 is 2.20 bits per heavy atom. The summed E-state index contributed by atoms with van der Waals surface area (Å²) >= 11 is 0. The largest absolute Gasteiger partial charge is 0.385 e. The number of hydrogen-bond acceptors (Lipinski definition) is 3. The summed E-state index contributed by atoms with van der Waals surface area (Å²) < 4.78 is 5.12. The highest BCUT2D eigenvalue weighted by Gasteiger charge is 2.29. The number of hydrogen-bond donors (Lipinski definition) is 1. The van der Waals surface area contributed by atoms with Crippen LogP contribution in [-0.2, 0) is 4.74 Å². The van der Waals surface area contributed by atoms with Gasteiger partial charge in [-0.05, 0) is 32.7 Å². The zero-order valence-electron chi connectivity index (χ0n) is 10.7. The smallest absolute Gasteiger partial charge is 0.0474 e. The van der Waals surface area contributed by atoms with Gasteiger partial charge in [-0.25, -0.2) is 0 Å². The maximum atomic E-state index is 5.12. The minimum absolute atomic E-state index is 0.276. The lowest BCUT2D eigenvalue weighted by molar-refractivity contribution is 0.102. The monoisotopic (exact) mass is 214 g/mol. The Morgan fingerprint density at radius 3 is 2.87 bits per heavy atom. The lowest BCUT2D eigenvalue weighted by atomic mass is 10.0. The van der Waals surface area contributed by atoms with Gasteiger partial charge in [0.15, 0.2) is 0 Å². The Bertz CT molecular complexity index is 182. The molecule has 1 saturated heterocycles. The molecule has 0 bridgehead atoms. The van der Waals surface area contributed by atoms with Crippen LogP contribution in [0.5, 0.6) is 0 Å². The fraction of sp³-hybridized carbons (Fsp3) is 1.00. The molecular formula is C12H26N2O. The molecule has 1 fully saturated rings. The highest BCUT2D eigenvalue weighted by Crippen LogP contribution is 2.18. The van der Waals surface area contributed by atoms with E-state index in [1.807, 2.05) is 0 Å². The van der Waals surface area contributed by atoms with Crippen LogP contribution in [0.15, 0.2) is 0 Å². The van der Waals surface area contributed by atoms with E-state index < -0.39 is 0 Å². The molecule has 0 amide bonds. The third kappa shape index (κ3) is 4.09. The first-order chi connectivity index (χ1) is 7.06. The fourth-order valence-corrected chi connectivity index (χ4v) is 2.22. The van der Waals surface area contributed by atoms with E-state index >= 15 is 0 Å². The number of nitrogens with one attached hydrogen (secondary N) is 1. The zero-order valence-corrected chi connectivity index (χ0v) is 10.7. The van der Waals surface area contributed by atoms with Crippen LogP contribution in [0.3, 0.4) is 0 Å². The Kier molecular flexibility index (Phi) is 5.03. The summed E-state index contributed by atoms with van der Waals surface area (Å²) in [6.45, 7) is 12.4. The molecule has 0 aromatic rings. The summed E-state index contributed by atoms with van der Waals surface area (Å²) in [5, 5.41) is 3.53. The number of rotatable bonds is 4. The maximum Gasteiger partial charge on any atom is 0.0474 e. The molecule has 0 spiro atoms. The number of methoxy groups -OCH3 is 1. The molecular weight excluding hydrogens is 188 g/mol. The van der Waals surface area contributed by atoms with Crippen LogP contribution in [-0.4, -0.2) is 50.3 Å². The van der Waals surface area contributed by atoms with E-state index in [1.54, 1.807) is 7.11 Å². The third-order valence-corrected chi connectivity index (χ3v) is 3.22. The minimum atomic E-state index is 0.276. The van der Waals surface area contributed by atoms with E-state index in [0.717, 1.165) is 38.6 Å². The summed E-state index contributed by atoms with van der Waals surface area (Å²) in [4.78, 5) is 2.59. The molecule has 3 heteroatoms. The van der Waals surface area contributed by atoms with Crippen LogP contribution >= 0.6 is 0 Å². The molecule has 1 atom stereocenters. The average molecular weight is 214 g/mol.